The van der Waals surface area contributed by atoms with E-state index in [1.54, 1.807) is 6.07 Å². The maximum Gasteiger partial charge on any atom is 0.302 e. The number of pyridine rings is 1. The smallest absolute Gasteiger partial charge is 0.302 e. The SMILES string of the molecule is COc1cc(SSc2ncccc2[N+](=O)[O-])c(CN[C@@H](C)C(=O)N[C@@H](CCC(N)=O)C(=O)N[C@@H](CC(=O)N[C@@H]2O[C@H](CO)[C@@H](O[C@@H]3O[C@H](CO)[C@@H](O)[C@H](O)[C@H]3NC(C)=O)[C@H](O)[C@H]2NC(C)=O)C(=O)N[C@@H](CCCN=C(N)N)C(=O)N[C@@H](CO)C(=O)N[C@@H](C)C(N)=O)c(OC)c1OC. The van der Waals surface area contributed by atoms with Crippen LogP contribution in [0.2, 0.25) is 0 Å². The quantitative estimate of drug-likeness (QED) is 0.00741. The molecule has 0 spiro atoms. The molecule has 0 aliphatic carbocycles. The molecular weight excluding hydrogens is 1330 g/mol. The van der Waals surface area contributed by atoms with Gasteiger partial charge in [0.15, 0.2) is 35.0 Å². The number of nitrogens with two attached hydrogens (primary N) is 4. The lowest BCUT2D eigenvalue weighted by Gasteiger charge is -2.48. The Balaban J connectivity index is 1.75. The summed E-state index contributed by atoms with van der Waals surface area (Å²) >= 11 is 0. The summed E-state index contributed by atoms with van der Waals surface area (Å²) in [5.74, 6) is -10.6. The molecule has 2 saturated heterocycles. The van der Waals surface area contributed by atoms with Gasteiger partial charge in [-0.25, -0.2) is 4.98 Å². The molecule has 0 saturated carbocycles. The van der Waals surface area contributed by atoms with Gasteiger partial charge in [-0.3, -0.25) is 63.1 Å². The molecule has 0 radical (unpaired) electrons. The molecule has 97 heavy (non-hydrogen) atoms. The van der Waals surface area contributed by atoms with E-state index in [0.717, 1.165) is 35.4 Å². The van der Waals surface area contributed by atoms with Gasteiger partial charge in [-0.05, 0) is 56.0 Å². The number of rotatable bonds is 38. The number of carbonyl (C=O) groups is 10. The van der Waals surface area contributed by atoms with E-state index in [1.807, 2.05) is 0 Å². The fourth-order valence-corrected chi connectivity index (χ4v) is 11.9. The molecular formula is C55H84N16O24S2. The number of hydrogen-bond donors (Lipinski definition) is 19. The lowest BCUT2D eigenvalue weighted by Crippen LogP contribution is -2.71. The van der Waals surface area contributed by atoms with Crippen molar-refractivity contribution in [1.82, 2.24) is 52.8 Å². The molecule has 540 valence electrons. The minimum atomic E-state index is -2.16. The second-order valence-corrected chi connectivity index (χ2v) is 23.9. The van der Waals surface area contributed by atoms with Crippen LogP contribution in [0.25, 0.3) is 0 Å². The summed E-state index contributed by atoms with van der Waals surface area (Å²) in [6, 6.07) is -9.21. The van der Waals surface area contributed by atoms with E-state index in [2.05, 4.69) is 57.8 Å². The predicted octanol–water partition coefficient (Wildman–Crippen LogP) is -8.05. The molecule has 42 heteroatoms. The Morgan fingerprint density at radius 1 is 0.711 bits per heavy atom. The van der Waals surface area contributed by atoms with E-state index in [9.17, 15) is 88.7 Å². The summed E-state index contributed by atoms with van der Waals surface area (Å²) in [6.45, 7) is 1.24. The Labute approximate surface area is 561 Å². The molecule has 2 aliphatic heterocycles. The Kier molecular flexibility index (Phi) is 32.5. The molecule has 1 aromatic heterocycles. The van der Waals surface area contributed by atoms with E-state index >= 15 is 0 Å². The number of primary amides is 2. The van der Waals surface area contributed by atoms with Crippen LogP contribution in [0.4, 0.5) is 5.69 Å². The third kappa shape index (κ3) is 23.6. The van der Waals surface area contributed by atoms with Crippen molar-refractivity contribution in [2.45, 2.75) is 174 Å². The van der Waals surface area contributed by atoms with Gasteiger partial charge in [0.25, 0.3) is 0 Å². The van der Waals surface area contributed by atoms with Gasteiger partial charge in [0.2, 0.25) is 64.8 Å². The zero-order valence-corrected chi connectivity index (χ0v) is 55.3. The fraction of sp³-hybridized carbons (Fsp3) is 0.600. The maximum absolute atomic E-state index is 14.8. The highest BCUT2D eigenvalue weighted by Gasteiger charge is 2.52. The van der Waals surface area contributed by atoms with Crippen molar-refractivity contribution in [3.05, 3.63) is 40.1 Å². The standard InChI is InChI=1S/C55H84N16O24S2/c1-22(46(57)82)63-51(87)30(19-72)69-48(84)27(10-8-15-61-55(58)59)67-50(86)29(16-37(78)70-52-38(64-24(3)75)42(81)44(34(21-74)93-52)95-54-39(65-25(4)76)41(80)40(79)33(20-73)94-54)68-49(85)28(12-13-36(56)77)66-47(83)23(2)62-18-26-35(17-32(90-5)45(92-7)43(26)91-6)96-97-53-31(71(88)89)11-9-14-60-53/h9,11,14,17,22-23,27-30,33-34,38-42,44,52,54,62,72-74,79-81H,8,10,12-13,15-16,18-21H2,1-7H3,(H2,56,77)(H2,57,82)(H,63,87)(H,64,75)(H,65,76)(H,66,83)(H,67,86)(H,68,85)(H,69,84)(H,70,78)(H4,58,59,61)/t22-,23-,27-,28-,29-,30-,33+,34+,38+,39+,40+,41+,42+,44+,52+,54-/m0/s1. The molecule has 40 nitrogen and oxygen atoms in total. The van der Waals surface area contributed by atoms with Crippen LogP contribution in [-0.4, -0.2) is 251 Å². The normalized spacial score (nSPS) is 22.4. The van der Waals surface area contributed by atoms with Gasteiger partial charge >= 0.3 is 5.69 Å². The number of nitrogens with zero attached hydrogens (tertiary/aromatic N) is 3. The first-order valence-electron chi connectivity index (χ1n) is 29.7. The zero-order chi connectivity index (χ0) is 72.5. The van der Waals surface area contributed by atoms with Crippen molar-refractivity contribution in [2.75, 3.05) is 47.7 Å². The number of aliphatic hydroxyl groups is 6. The van der Waals surface area contributed by atoms with Gasteiger partial charge in [-0.1, -0.05) is 10.8 Å². The first-order chi connectivity index (χ1) is 45.8. The van der Waals surface area contributed by atoms with Gasteiger partial charge in [-0.15, -0.1) is 0 Å². The van der Waals surface area contributed by atoms with Gasteiger partial charge in [0.05, 0.1) is 58.5 Å². The van der Waals surface area contributed by atoms with Crippen LogP contribution >= 0.6 is 21.6 Å². The molecule has 2 aliphatic rings. The molecule has 2 aromatic rings. The third-order valence-electron chi connectivity index (χ3n) is 14.7. The largest absolute Gasteiger partial charge is 0.493 e. The van der Waals surface area contributed by atoms with Gasteiger partial charge in [0, 0.05) is 56.1 Å². The Bertz CT molecular complexity index is 3140. The van der Waals surface area contributed by atoms with Crippen LogP contribution in [-0.2, 0) is 68.7 Å². The second-order valence-electron chi connectivity index (χ2n) is 21.8. The average Bonchev–Trinajstić information content (AvgIpc) is 0.790. The van der Waals surface area contributed by atoms with Crippen molar-refractivity contribution in [1.29, 1.82) is 0 Å². The van der Waals surface area contributed by atoms with Gasteiger partial charge < -0.3 is 130 Å². The lowest BCUT2D eigenvalue weighted by atomic mass is 9.94. The molecule has 23 N–H and O–H groups in total. The molecule has 1 aromatic carbocycles. The molecule has 16 atom stereocenters. The Morgan fingerprint density at radius 2 is 1.30 bits per heavy atom. The topological polar surface area (TPSA) is 628 Å². The van der Waals surface area contributed by atoms with Crippen LogP contribution in [0.1, 0.15) is 65.4 Å². The van der Waals surface area contributed by atoms with Crippen LogP contribution in [0.3, 0.4) is 0 Å². The summed E-state index contributed by atoms with van der Waals surface area (Å²) < 4.78 is 34.4. The van der Waals surface area contributed by atoms with E-state index in [-0.39, 0.29) is 59.9 Å². The summed E-state index contributed by atoms with van der Waals surface area (Å²) in [5, 5.41) is 97.7. The third-order valence-corrected chi connectivity index (χ3v) is 17.0. The maximum atomic E-state index is 14.8. The van der Waals surface area contributed by atoms with Crippen LogP contribution in [0.5, 0.6) is 17.2 Å². The van der Waals surface area contributed by atoms with Crippen molar-refractivity contribution in [3.8, 4) is 17.2 Å². The van der Waals surface area contributed by atoms with Crippen LogP contribution in [0.15, 0.2) is 39.3 Å². The monoisotopic (exact) mass is 1420 g/mol. The highest BCUT2D eigenvalue weighted by atomic mass is 33.1. The summed E-state index contributed by atoms with van der Waals surface area (Å²) in [7, 11) is 5.95. The number of nitro groups is 1. The fourth-order valence-electron chi connectivity index (χ4n) is 9.62. The predicted molar refractivity (Wildman–Crippen MR) is 337 cm³/mol. The van der Waals surface area contributed by atoms with Crippen molar-refractivity contribution in [2.24, 2.45) is 27.9 Å². The summed E-state index contributed by atoms with van der Waals surface area (Å²) in [5.41, 5.74) is 21.8. The van der Waals surface area contributed by atoms with E-state index in [1.165, 1.54) is 53.5 Å². The van der Waals surface area contributed by atoms with Crippen LogP contribution < -0.4 is 85.0 Å². The number of ether oxygens (including phenoxy) is 6. The molecule has 0 bridgehead atoms. The second kappa shape index (κ2) is 39.0. The minimum Gasteiger partial charge on any atom is -0.493 e. The van der Waals surface area contributed by atoms with Gasteiger partial charge in [-0.2, -0.15) is 0 Å². The highest BCUT2D eigenvalue weighted by molar-refractivity contribution is 8.76. The number of guanidine groups is 1. The highest BCUT2D eigenvalue weighted by Crippen LogP contribution is 2.49. The zero-order valence-electron chi connectivity index (χ0n) is 53.6. The number of carbonyl (C=O) groups excluding carboxylic acids is 10. The number of amides is 10. The number of aliphatic hydroxyl groups excluding tert-OH is 6. The molecule has 4 rings (SSSR count). The molecule has 2 fully saturated rings. The number of benzene rings is 1. The average molecular weight is 1420 g/mol. The van der Waals surface area contributed by atoms with Crippen LogP contribution in [0, 0.1) is 10.1 Å². The van der Waals surface area contributed by atoms with Gasteiger partial charge in [0.1, 0.15) is 78.9 Å². The molecule has 10 amide bonds. The number of nitrogens with one attached hydrogen (secondary N) is 9. The number of aliphatic imine (C=N–C) groups is 1. The Hall–Kier alpha value is -8.56. The summed E-state index contributed by atoms with van der Waals surface area (Å²) in [6.07, 6.45) is -15.8. The molecule has 0 unspecified atom stereocenters. The first-order valence-corrected chi connectivity index (χ1v) is 31.8. The first kappa shape index (κ1) is 80.9. The summed E-state index contributed by atoms with van der Waals surface area (Å²) in [4.78, 5) is 154. The molecule has 3 heterocycles. The van der Waals surface area contributed by atoms with E-state index < -0.39 is 201 Å². The Morgan fingerprint density at radius 3 is 1.87 bits per heavy atom. The number of methoxy groups -OCH3 is 3. The number of hydrogen-bond acceptors (Lipinski definition) is 29. The van der Waals surface area contributed by atoms with E-state index in [0.29, 0.717) is 10.5 Å². The van der Waals surface area contributed by atoms with E-state index in [4.69, 9.17) is 51.4 Å². The van der Waals surface area contributed by atoms with Crippen molar-refractivity contribution >= 4 is 92.3 Å². The number of aromatic nitrogens is 1. The van der Waals surface area contributed by atoms with Crippen molar-refractivity contribution < 1.29 is 112 Å². The minimum absolute atomic E-state index is 0.0383. The lowest BCUT2D eigenvalue weighted by molar-refractivity contribution is -0.388. The van der Waals surface area contributed by atoms with Crippen molar-refractivity contribution in [3.63, 3.8) is 0 Å².